The maximum absolute atomic E-state index is 11.0. The molecule has 0 unspecified atom stereocenters. The van der Waals surface area contributed by atoms with E-state index < -0.39 is 11.7 Å². The van der Waals surface area contributed by atoms with Crippen LogP contribution in [0.4, 0.5) is 0 Å². The summed E-state index contributed by atoms with van der Waals surface area (Å²) in [6, 6.07) is 0. The van der Waals surface area contributed by atoms with Crippen molar-refractivity contribution in [3.8, 4) is 0 Å². The molecule has 0 atom stereocenters. The predicted octanol–water partition coefficient (Wildman–Crippen LogP) is 3.45. The fourth-order valence-electron chi connectivity index (χ4n) is 3.11. The van der Waals surface area contributed by atoms with E-state index in [1.807, 2.05) is 26.0 Å². The van der Waals surface area contributed by atoms with E-state index in [0.29, 0.717) is 0 Å². The van der Waals surface area contributed by atoms with Gasteiger partial charge in [-0.1, -0.05) is 34.6 Å². The number of aliphatic hydroxyl groups excluding tert-OH is 1. The Morgan fingerprint density at radius 1 is 1.06 bits per heavy atom. The minimum atomic E-state index is -0.978. The Morgan fingerprint density at radius 2 is 1.44 bits per heavy atom. The molecule has 0 aromatic heterocycles. The summed E-state index contributed by atoms with van der Waals surface area (Å²) >= 11 is 0. The predicted molar refractivity (Wildman–Crippen MR) is 76.3 cm³/mol. The molecule has 2 heteroatoms. The van der Waals surface area contributed by atoms with E-state index in [-0.39, 0.29) is 10.8 Å². The first-order valence-electron chi connectivity index (χ1n) is 6.67. The minimum Gasteiger partial charge on any atom is -0.384 e. The highest BCUT2D eigenvalue weighted by Gasteiger charge is 2.44. The SMILES string of the molecule is CC1=CC(O)(C(C)(C)CC(C)(C)C)C=C(C)C1O. The fraction of sp³-hybridized carbons (Fsp3) is 0.750. The van der Waals surface area contributed by atoms with Crippen molar-refractivity contribution in [2.45, 2.75) is 66.6 Å². The van der Waals surface area contributed by atoms with Gasteiger partial charge in [0.2, 0.25) is 0 Å². The average Bonchev–Trinajstić information content (AvgIpc) is 2.09. The highest BCUT2D eigenvalue weighted by Crippen LogP contribution is 2.45. The van der Waals surface area contributed by atoms with E-state index in [1.165, 1.54) is 0 Å². The number of hydrogen-bond donors (Lipinski definition) is 2. The summed E-state index contributed by atoms with van der Waals surface area (Å²) in [5.41, 5.74) is 0.569. The summed E-state index contributed by atoms with van der Waals surface area (Å²) in [4.78, 5) is 0. The number of aliphatic hydroxyl groups is 2. The van der Waals surface area contributed by atoms with E-state index in [1.54, 1.807) is 0 Å². The maximum atomic E-state index is 11.0. The third-order valence-electron chi connectivity index (χ3n) is 3.81. The second kappa shape index (κ2) is 4.50. The number of rotatable bonds is 2. The van der Waals surface area contributed by atoms with Crippen molar-refractivity contribution in [2.75, 3.05) is 0 Å². The zero-order chi connectivity index (χ0) is 14.4. The summed E-state index contributed by atoms with van der Waals surface area (Å²) in [5.74, 6) is 0. The van der Waals surface area contributed by atoms with Gasteiger partial charge in [0.1, 0.15) is 5.60 Å². The van der Waals surface area contributed by atoms with Crippen LogP contribution in [0.2, 0.25) is 0 Å². The molecule has 18 heavy (non-hydrogen) atoms. The van der Waals surface area contributed by atoms with E-state index >= 15 is 0 Å². The van der Waals surface area contributed by atoms with Crippen LogP contribution in [0.25, 0.3) is 0 Å². The van der Waals surface area contributed by atoms with E-state index in [9.17, 15) is 10.2 Å². The van der Waals surface area contributed by atoms with Gasteiger partial charge in [0.05, 0.1) is 6.10 Å². The van der Waals surface area contributed by atoms with Crippen LogP contribution in [0, 0.1) is 10.8 Å². The van der Waals surface area contributed by atoms with Gasteiger partial charge in [0.25, 0.3) is 0 Å². The van der Waals surface area contributed by atoms with Crippen LogP contribution in [0.15, 0.2) is 23.3 Å². The molecule has 1 aliphatic carbocycles. The van der Waals surface area contributed by atoms with Gasteiger partial charge in [0, 0.05) is 5.41 Å². The van der Waals surface area contributed by atoms with Crippen LogP contribution in [0.1, 0.15) is 54.9 Å². The van der Waals surface area contributed by atoms with Crippen molar-refractivity contribution in [1.29, 1.82) is 0 Å². The maximum Gasteiger partial charge on any atom is 0.107 e. The van der Waals surface area contributed by atoms with Crippen LogP contribution in [0.3, 0.4) is 0 Å². The van der Waals surface area contributed by atoms with Crippen molar-refractivity contribution in [3.05, 3.63) is 23.3 Å². The molecule has 0 bridgehead atoms. The molecule has 104 valence electrons. The van der Waals surface area contributed by atoms with Crippen molar-refractivity contribution >= 4 is 0 Å². The molecule has 2 N–H and O–H groups in total. The van der Waals surface area contributed by atoms with E-state index in [2.05, 4.69) is 34.6 Å². The second-order valence-electron chi connectivity index (χ2n) is 7.63. The largest absolute Gasteiger partial charge is 0.384 e. The number of hydrogen-bond acceptors (Lipinski definition) is 2. The molecule has 0 spiro atoms. The van der Waals surface area contributed by atoms with Crippen LogP contribution in [-0.2, 0) is 0 Å². The Balaban J connectivity index is 3.14. The van der Waals surface area contributed by atoms with E-state index in [4.69, 9.17) is 0 Å². The van der Waals surface area contributed by atoms with Gasteiger partial charge in [0.15, 0.2) is 0 Å². The smallest absolute Gasteiger partial charge is 0.107 e. The molecule has 0 fully saturated rings. The van der Waals surface area contributed by atoms with Crippen LogP contribution < -0.4 is 0 Å². The topological polar surface area (TPSA) is 40.5 Å². The molecule has 0 amide bonds. The summed E-state index contributed by atoms with van der Waals surface area (Å²) in [5, 5.41) is 20.9. The average molecular weight is 252 g/mol. The van der Waals surface area contributed by atoms with Gasteiger partial charge in [-0.05, 0) is 49.0 Å². The zero-order valence-corrected chi connectivity index (χ0v) is 12.8. The summed E-state index contributed by atoms with van der Waals surface area (Å²) < 4.78 is 0. The van der Waals surface area contributed by atoms with Crippen LogP contribution >= 0.6 is 0 Å². The summed E-state index contributed by atoms with van der Waals surface area (Å²) in [6.07, 6.45) is 3.99. The fourth-order valence-corrected chi connectivity index (χ4v) is 3.11. The Hall–Kier alpha value is -0.600. The Bertz CT molecular complexity index is 360. The van der Waals surface area contributed by atoms with Gasteiger partial charge in [-0.3, -0.25) is 0 Å². The monoisotopic (exact) mass is 252 g/mol. The van der Waals surface area contributed by atoms with Crippen molar-refractivity contribution in [2.24, 2.45) is 10.8 Å². The molecule has 0 aromatic rings. The van der Waals surface area contributed by atoms with Crippen LogP contribution in [0.5, 0.6) is 0 Å². The molecule has 0 heterocycles. The molecule has 0 radical (unpaired) electrons. The first-order chi connectivity index (χ1) is 7.88. The lowest BCUT2D eigenvalue weighted by atomic mass is 9.64. The molecular weight excluding hydrogens is 224 g/mol. The van der Waals surface area contributed by atoms with Gasteiger partial charge in [-0.15, -0.1) is 0 Å². The van der Waals surface area contributed by atoms with Gasteiger partial charge in [-0.2, -0.15) is 0 Å². The first kappa shape index (κ1) is 15.5. The third-order valence-corrected chi connectivity index (χ3v) is 3.81. The van der Waals surface area contributed by atoms with Gasteiger partial charge >= 0.3 is 0 Å². The Labute approximate surface area is 111 Å². The molecule has 1 rings (SSSR count). The van der Waals surface area contributed by atoms with Crippen molar-refractivity contribution < 1.29 is 10.2 Å². The molecule has 2 nitrogen and oxygen atoms in total. The molecule has 0 saturated carbocycles. The molecule has 1 aliphatic rings. The molecular formula is C16H28O2. The quantitative estimate of drug-likeness (QED) is 0.739. The standard InChI is InChI=1S/C16H28O2/c1-11-8-16(18,9-12(2)13(11)17)15(6,7)10-14(3,4)5/h8-9,13,17-18H,10H2,1-7H3. The molecule has 0 aromatic carbocycles. The van der Waals surface area contributed by atoms with Gasteiger partial charge in [-0.25, -0.2) is 0 Å². The van der Waals surface area contributed by atoms with Crippen molar-refractivity contribution in [1.82, 2.24) is 0 Å². The zero-order valence-electron chi connectivity index (χ0n) is 12.8. The highest BCUT2D eigenvalue weighted by atomic mass is 16.3. The first-order valence-corrected chi connectivity index (χ1v) is 6.67. The lowest BCUT2D eigenvalue weighted by Gasteiger charge is -2.45. The summed E-state index contributed by atoms with van der Waals surface area (Å²) in [7, 11) is 0. The second-order valence-corrected chi connectivity index (χ2v) is 7.63. The molecule has 0 aliphatic heterocycles. The lowest BCUT2D eigenvalue weighted by Crippen LogP contribution is -2.46. The third kappa shape index (κ3) is 3.04. The highest BCUT2D eigenvalue weighted by molar-refractivity contribution is 5.36. The summed E-state index contributed by atoms with van der Waals surface area (Å²) in [6.45, 7) is 14.5. The lowest BCUT2D eigenvalue weighted by molar-refractivity contribution is -0.0122. The van der Waals surface area contributed by atoms with E-state index in [0.717, 1.165) is 17.6 Å². The normalized spacial score (nSPS) is 29.9. The van der Waals surface area contributed by atoms with Crippen LogP contribution in [-0.4, -0.2) is 21.9 Å². The van der Waals surface area contributed by atoms with Gasteiger partial charge < -0.3 is 10.2 Å². The Kier molecular flexibility index (Phi) is 3.86. The van der Waals surface area contributed by atoms with Crippen molar-refractivity contribution in [3.63, 3.8) is 0 Å². The molecule has 0 saturated heterocycles. The Morgan fingerprint density at radius 3 is 1.78 bits per heavy atom. The minimum absolute atomic E-state index is 0.152.